The van der Waals surface area contributed by atoms with Crippen molar-refractivity contribution in [1.82, 2.24) is 4.98 Å². The van der Waals surface area contributed by atoms with Gasteiger partial charge < -0.3 is 9.84 Å². The lowest BCUT2D eigenvalue weighted by molar-refractivity contribution is -0.133. The molecule has 19 heavy (non-hydrogen) atoms. The number of aliphatic hydroxyl groups is 1. The molecule has 2 rings (SSSR count). The molecule has 3 heteroatoms. The van der Waals surface area contributed by atoms with E-state index in [-0.39, 0.29) is 5.92 Å². The Labute approximate surface area is 116 Å². The zero-order valence-corrected chi connectivity index (χ0v) is 12.2. The van der Waals surface area contributed by atoms with Gasteiger partial charge in [-0.3, -0.25) is 4.98 Å². The largest absolute Gasteiger partial charge is 0.389 e. The second kappa shape index (κ2) is 6.02. The van der Waals surface area contributed by atoms with Gasteiger partial charge in [-0.15, -0.1) is 0 Å². The van der Waals surface area contributed by atoms with E-state index in [1.807, 2.05) is 19.2 Å². The fraction of sp³-hybridized carbons (Fsp3) is 0.688. The van der Waals surface area contributed by atoms with Gasteiger partial charge in [0.25, 0.3) is 0 Å². The Hall–Kier alpha value is -0.930. The number of nitrogens with zero attached hydrogens (tertiary/aromatic N) is 1. The molecule has 1 N–H and O–H groups in total. The summed E-state index contributed by atoms with van der Waals surface area (Å²) in [7, 11) is 0. The van der Waals surface area contributed by atoms with Crippen LogP contribution in [-0.4, -0.2) is 28.4 Å². The lowest BCUT2D eigenvalue weighted by Crippen LogP contribution is -2.47. The molecular weight excluding hydrogens is 238 g/mol. The van der Waals surface area contributed by atoms with Crippen LogP contribution in [0.15, 0.2) is 18.3 Å². The molecule has 0 aliphatic heterocycles. The summed E-state index contributed by atoms with van der Waals surface area (Å²) in [6.07, 6.45) is 5.00. The van der Waals surface area contributed by atoms with Crippen molar-refractivity contribution in [3.05, 3.63) is 29.6 Å². The first-order chi connectivity index (χ1) is 9.18. The Bertz CT molecular complexity index is 415. The molecule has 3 nitrogen and oxygen atoms in total. The highest BCUT2D eigenvalue weighted by Gasteiger charge is 2.43. The Morgan fingerprint density at radius 1 is 1.42 bits per heavy atom. The van der Waals surface area contributed by atoms with E-state index in [9.17, 15) is 5.11 Å². The first kappa shape index (κ1) is 14.5. The predicted molar refractivity (Wildman–Crippen MR) is 76.2 cm³/mol. The van der Waals surface area contributed by atoms with Crippen LogP contribution in [0.1, 0.15) is 57.2 Å². The van der Waals surface area contributed by atoms with Gasteiger partial charge in [-0.25, -0.2) is 0 Å². The number of rotatable bonds is 6. The van der Waals surface area contributed by atoms with Crippen LogP contribution < -0.4 is 0 Å². The summed E-state index contributed by atoms with van der Waals surface area (Å²) in [6.45, 7) is 6.82. The second-order valence-corrected chi connectivity index (χ2v) is 5.34. The van der Waals surface area contributed by atoms with Gasteiger partial charge in [0.15, 0.2) is 0 Å². The van der Waals surface area contributed by atoms with E-state index in [1.165, 1.54) is 5.56 Å². The third-order valence-corrected chi connectivity index (χ3v) is 4.55. The molecule has 0 fully saturated rings. The van der Waals surface area contributed by atoms with Crippen LogP contribution in [-0.2, 0) is 11.2 Å². The van der Waals surface area contributed by atoms with E-state index in [1.54, 1.807) is 0 Å². The molecule has 0 saturated heterocycles. The molecule has 1 aromatic heterocycles. The third-order valence-electron chi connectivity index (χ3n) is 4.55. The number of fused-ring (bicyclic) bond motifs is 1. The predicted octanol–water partition coefficient (Wildman–Crippen LogP) is 3.07. The van der Waals surface area contributed by atoms with Gasteiger partial charge in [-0.2, -0.15) is 0 Å². The summed E-state index contributed by atoms with van der Waals surface area (Å²) < 4.78 is 5.94. The van der Waals surface area contributed by atoms with Crippen LogP contribution in [0.25, 0.3) is 0 Å². The minimum atomic E-state index is -0.474. The van der Waals surface area contributed by atoms with E-state index in [0.717, 1.165) is 31.4 Å². The third kappa shape index (κ3) is 2.54. The van der Waals surface area contributed by atoms with Crippen LogP contribution in [0, 0.1) is 0 Å². The van der Waals surface area contributed by atoms with Crippen molar-refractivity contribution < 1.29 is 9.84 Å². The Balaban J connectivity index is 2.26. The lowest BCUT2D eigenvalue weighted by atomic mass is 9.81. The SMILES string of the molecule is CCOC(CC)(CC)C(O)C1CCc2cccnc21. The number of aliphatic hydroxyl groups excluding tert-OH is 1. The number of aromatic nitrogens is 1. The standard InChI is InChI=1S/C16H25NO2/c1-4-16(5-2,19-6-3)15(18)13-10-9-12-8-7-11-17-14(12)13/h7-8,11,13,15,18H,4-6,9-10H2,1-3H3. The number of hydrogen-bond donors (Lipinski definition) is 1. The summed E-state index contributed by atoms with van der Waals surface area (Å²) in [5, 5.41) is 10.9. The number of hydrogen-bond acceptors (Lipinski definition) is 3. The van der Waals surface area contributed by atoms with Gasteiger partial charge in [0, 0.05) is 24.4 Å². The summed E-state index contributed by atoms with van der Waals surface area (Å²) >= 11 is 0. The Morgan fingerprint density at radius 3 is 2.79 bits per heavy atom. The van der Waals surface area contributed by atoms with E-state index in [2.05, 4.69) is 24.9 Å². The summed E-state index contributed by atoms with van der Waals surface area (Å²) in [4.78, 5) is 4.49. The normalized spacial score (nSPS) is 20.3. The Morgan fingerprint density at radius 2 is 2.16 bits per heavy atom. The average molecular weight is 263 g/mol. The van der Waals surface area contributed by atoms with Crippen LogP contribution in [0.2, 0.25) is 0 Å². The highest BCUT2D eigenvalue weighted by Crippen LogP contribution is 2.40. The van der Waals surface area contributed by atoms with Gasteiger partial charge in [0.05, 0.1) is 11.7 Å². The number of ether oxygens (including phenoxy) is 1. The van der Waals surface area contributed by atoms with Gasteiger partial charge in [-0.1, -0.05) is 19.9 Å². The van der Waals surface area contributed by atoms with Crippen LogP contribution >= 0.6 is 0 Å². The van der Waals surface area contributed by atoms with Crippen LogP contribution in [0.3, 0.4) is 0 Å². The molecular formula is C16H25NO2. The molecule has 0 radical (unpaired) electrons. The Kier molecular flexibility index (Phi) is 4.58. The molecule has 106 valence electrons. The topological polar surface area (TPSA) is 42.4 Å². The zero-order valence-electron chi connectivity index (χ0n) is 12.2. The molecule has 1 aromatic rings. The molecule has 0 bridgehead atoms. The van der Waals surface area contributed by atoms with E-state index >= 15 is 0 Å². The van der Waals surface area contributed by atoms with Gasteiger partial charge in [0.1, 0.15) is 0 Å². The molecule has 2 atom stereocenters. The minimum Gasteiger partial charge on any atom is -0.389 e. The highest BCUT2D eigenvalue weighted by molar-refractivity contribution is 5.30. The van der Waals surface area contributed by atoms with Crippen molar-refractivity contribution in [3.8, 4) is 0 Å². The van der Waals surface area contributed by atoms with E-state index in [0.29, 0.717) is 6.61 Å². The maximum absolute atomic E-state index is 10.9. The van der Waals surface area contributed by atoms with E-state index < -0.39 is 11.7 Å². The molecule has 0 saturated carbocycles. The van der Waals surface area contributed by atoms with Gasteiger partial charge in [0.2, 0.25) is 0 Å². The van der Waals surface area contributed by atoms with Gasteiger partial charge >= 0.3 is 0 Å². The maximum Gasteiger partial charge on any atom is 0.0941 e. The molecule has 1 heterocycles. The second-order valence-electron chi connectivity index (χ2n) is 5.34. The molecule has 2 unspecified atom stereocenters. The van der Waals surface area contributed by atoms with Gasteiger partial charge in [-0.05, 0) is 44.2 Å². The van der Waals surface area contributed by atoms with E-state index in [4.69, 9.17) is 4.74 Å². The summed E-state index contributed by atoms with van der Waals surface area (Å²) in [5.41, 5.74) is 1.92. The first-order valence-electron chi connectivity index (χ1n) is 7.44. The van der Waals surface area contributed by atoms with Crippen molar-refractivity contribution in [1.29, 1.82) is 0 Å². The van der Waals surface area contributed by atoms with Crippen molar-refractivity contribution in [3.63, 3.8) is 0 Å². The number of aryl methyl sites for hydroxylation is 1. The fourth-order valence-corrected chi connectivity index (χ4v) is 3.36. The molecule has 1 aliphatic rings. The first-order valence-corrected chi connectivity index (χ1v) is 7.44. The van der Waals surface area contributed by atoms with Crippen molar-refractivity contribution in [2.75, 3.05) is 6.61 Å². The average Bonchev–Trinajstić information content (AvgIpc) is 2.88. The summed E-state index contributed by atoms with van der Waals surface area (Å²) in [6, 6.07) is 4.10. The molecule has 0 amide bonds. The minimum absolute atomic E-state index is 0.114. The maximum atomic E-state index is 10.9. The highest BCUT2D eigenvalue weighted by atomic mass is 16.5. The monoisotopic (exact) mass is 263 g/mol. The fourth-order valence-electron chi connectivity index (χ4n) is 3.36. The number of pyridine rings is 1. The van der Waals surface area contributed by atoms with Crippen molar-refractivity contribution in [2.24, 2.45) is 0 Å². The van der Waals surface area contributed by atoms with Crippen LogP contribution in [0.5, 0.6) is 0 Å². The smallest absolute Gasteiger partial charge is 0.0941 e. The lowest BCUT2D eigenvalue weighted by Gasteiger charge is -2.39. The van der Waals surface area contributed by atoms with Crippen molar-refractivity contribution >= 4 is 0 Å². The quantitative estimate of drug-likeness (QED) is 0.857. The zero-order chi connectivity index (χ0) is 13.9. The molecule has 0 spiro atoms. The summed E-state index contributed by atoms with van der Waals surface area (Å²) in [5.74, 6) is 0.114. The van der Waals surface area contributed by atoms with Crippen molar-refractivity contribution in [2.45, 2.75) is 64.1 Å². The molecule has 0 aromatic carbocycles. The van der Waals surface area contributed by atoms with Crippen LogP contribution in [0.4, 0.5) is 0 Å². The molecule has 1 aliphatic carbocycles.